The van der Waals surface area contributed by atoms with Gasteiger partial charge in [0.1, 0.15) is 0 Å². The highest BCUT2D eigenvalue weighted by molar-refractivity contribution is 7.91. The maximum Gasteiger partial charge on any atom is 0.151 e. The molecule has 0 amide bonds. The van der Waals surface area contributed by atoms with E-state index in [-0.39, 0.29) is 17.5 Å². The summed E-state index contributed by atoms with van der Waals surface area (Å²) >= 11 is 0. The molecule has 0 fully saturated rings. The second-order valence-electron chi connectivity index (χ2n) is 5.34. The molecular formula is C13H30N2O2S. The molecule has 1 unspecified atom stereocenters. The maximum atomic E-state index is 11.4. The molecule has 5 heteroatoms. The van der Waals surface area contributed by atoms with Crippen LogP contribution in [0.1, 0.15) is 40.5 Å². The van der Waals surface area contributed by atoms with Crippen molar-refractivity contribution in [3.05, 3.63) is 0 Å². The highest BCUT2D eigenvalue weighted by Gasteiger charge is 2.12. The van der Waals surface area contributed by atoms with Crippen LogP contribution in [0.15, 0.2) is 0 Å². The standard InChI is InChI=1S/C13H30N2O2S/c1-6-18(16,17)11-13(4)14-9-7-8-10-15(5)12(2)3/h12-14H,6-11H2,1-5H3. The van der Waals surface area contributed by atoms with Gasteiger partial charge in [0.15, 0.2) is 9.84 Å². The third kappa shape index (κ3) is 8.89. The molecule has 18 heavy (non-hydrogen) atoms. The van der Waals surface area contributed by atoms with Crippen LogP contribution in [0.25, 0.3) is 0 Å². The average molecular weight is 278 g/mol. The van der Waals surface area contributed by atoms with E-state index in [0.29, 0.717) is 6.04 Å². The Morgan fingerprint density at radius 2 is 1.78 bits per heavy atom. The van der Waals surface area contributed by atoms with Crippen LogP contribution in [0, 0.1) is 0 Å². The van der Waals surface area contributed by atoms with Crippen LogP contribution in [0.3, 0.4) is 0 Å². The summed E-state index contributed by atoms with van der Waals surface area (Å²) in [6.07, 6.45) is 2.24. The second-order valence-corrected chi connectivity index (χ2v) is 7.73. The Kier molecular flexibility index (Phi) is 8.82. The number of sulfone groups is 1. The fraction of sp³-hybridized carbons (Fsp3) is 1.00. The van der Waals surface area contributed by atoms with Gasteiger partial charge in [0.25, 0.3) is 0 Å². The third-order valence-electron chi connectivity index (χ3n) is 3.26. The molecular weight excluding hydrogens is 248 g/mol. The lowest BCUT2D eigenvalue weighted by Crippen LogP contribution is -2.34. The van der Waals surface area contributed by atoms with Crippen LogP contribution in [0.4, 0.5) is 0 Å². The van der Waals surface area contributed by atoms with Gasteiger partial charge in [-0.15, -0.1) is 0 Å². The Hall–Kier alpha value is -0.130. The molecule has 0 bridgehead atoms. The molecule has 0 aliphatic heterocycles. The van der Waals surface area contributed by atoms with E-state index >= 15 is 0 Å². The topological polar surface area (TPSA) is 49.4 Å². The normalized spacial score (nSPS) is 14.4. The van der Waals surface area contributed by atoms with Crippen molar-refractivity contribution in [2.75, 3.05) is 31.6 Å². The molecule has 0 rings (SSSR count). The van der Waals surface area contributed by atoms with Gasteiger partial charge in [-0.2, -0.15) is 0 Å². The van der Waals surface area contributed by atoms with Crippen molar-refractivity contribution in [2.45, 2.75) is 52.6 Å². The van der Waals surface area contributed by atoms with E-state index in [1.54, 1.807) is 6.92 Å². The van der Waals surface area contributed by atoms with Crippen molar-refractivity contribution in [3.63, 3.8) is 0 Å². The van der Waals surface area contributed by atoms with E-state index in [1.165, 1.54) is 0 Å². The van der Waals surface area contributed by atoms with Crippen molar-refractivity contribution in [1.29, 1.82) is 0 Å². The number of hydrogen-bond acceptors (Lipinski definition) is 4. The Labute approximate surface area is 113 Å². The van der Waals surface area contributed by atoms with Crippen LogP contribution in [0.2, 0.25) is 0 Å². The van der Waals surface area contributed by atoms with Gasteiger partial charge >= 0.3 is 0 Å². The molecule has 1 atom stereocenters. The molecule has 0 aromatic carbocycles. The van der Waals surface area contributed by atoms with Crippen LogP contribution in [-0.4, -0.2) is 57.0 Å². The Morgan fingerprint density at radius 3 is 2.28 bits per heavy atom. The molecule has 0 aliphatic carbocycles. The first-order valence-electron chi connectivity index (χ1n) is 6.92. The largest absolute Gasteiger partial charge is 0.313 e. The summed E-state index contributed by atoms with van der Waals surface area (Å²) in [5, 5.41) is 3.28. The van der Waals surface area contributed by atoms with Gasteiger partial charge < -0.3 is 10.2 Å². The van der Waals surface area contributed by atoms with Crippen LogP contribution in [0.5, 0.6) is 0 Å². The molecule has 4 nitrogen and oxygen atoms in total. The molecule has 110 valence electrons. The smallest absolute Gasteiger partial charge is 0.151 e. The molecule has 0 heterocycles. The molecule has 0 saturated heterocycles. The van der Waals surface area contributed by atoms with Crippen molar-refractivity contribution in [1.82, 2.24) is 10.2 Å². The number of rotatable bonds is 10. The zero-order chi connectivity index (χ0) is 14.2. The van der Waals surface area contributed by atoms with E-state index < -0.39 is 9.84 Å². The van der Waals surface area contributed by atoms with Crippen molar-refractivity contribution >= 4 is 9.84 Å². The fourth-order valence-electron chi connectivity index (χ4n) is 1.65. The lowest BCUT2D eigenvalue weighted by Gasteiger charge is -2.21. The summed E-state index contributed by atoms with van der Waals surface area (Å²) in [7, 11) is -0.723. The molecule has 0 spiro atoms. The van der Waals surface area contributed by atoms with Gasteiger partial charge in [-0.3, -0.25) is 0 Å². The number of hydrogen-bond donors (Lipinski definition) is 1. The van der Waals surface area contributed by atoms with E-state index in [1.807, 2.05) is 6.92 Å². The minimum absolute atomic E-state index is 0.0535. The predicted molar refractivity (Wildman–Crippen MR) is 78.8 cm³/mol. The second kappa shape index (κ2) is 8.88. The van der Waals surface area contributed by atoms with Gasteiger partial charge in [0, 0.05) is 17.8 Å². The minimum atomic E-state index is -2.86. The maximum absolute atomic E-state index is 11.4. The average Bonchev–Trinajstić information content (AvgIpc) is 2.27. The van der Waals surface area contributed by atoms with Gasteiger partial charge in [-0.1, -0.05) is 6.92 Å². The zero-order valence-electron chi connectivity index (χ0n) is 12.6. The van der Waals surface area contributed by atoms with Crippen molar-refractivity contribution in [3.8, 4) is 0 Å². The van der Waals surface area contributed by atoms with Gasteiger partial charge in [-0.25, -0.2) is 8.42 Å². The minimum Gasteiger partial charge on any atom is -0.313 e. The molecule has 1 N–H and O–H groups in total. The Balaban J connectivity index is 3.61. The highest BCUT2D eigenvalue weighted by atomic mass is 32.2. The van der Waals surface area contributed by atoms with Crippen molar-refractivity contribution < 1.29 is 8.42 Å². The summed E-state index contributed by atoms with van der Waals surface area (Å²) in [5.41, 5.74) is 0. The van der Waals surface area contributed by atoms with Crippen LogP contribution >= 0.6 is 0 Å². The molecule has 0 radical (unpaired) electrons. The van der Waals surface area contributed by atoms with Gasteiger partial charge in [0.2, 0.25) is 0 Å². The quantitative estimate of drug-likeness (QED) is 0.616. The summed E-state index contributed by atoms with van der Waals surface area (Å²) in [6.45, 7) is 10.0. The summed E-state index contributed by atoms with van der Waals surface area (Å²) in [5.74, 6) is 0.480. The lowest BCUT2D eigenvalue weighted by molar-refractivity contribution is 0.267. The summed E-state index contributed by atoms with van der Waals surface area (Å²) in [6, 6.07) is 0.643. The van der Waals surface area contributed by atoms with Gasteiger partial charge in [0.05, 0.1) is 5.75 Å². The molecule has 0 aromatic rings. The first-order valence-corrected chi connectivity index (χ1v) is 8.74. The Morgan fingerprint density at radius 1 is 1.17 bits per heavy atom. The Bertz CT molecular complexity index is 302. The van der Waals surface area contributed by atoms with E-state index in [2.05, 4.69) is 31.1 Å². The first-order chi connectivity index (χ1) is 8.28. The number of unbranched alkanes of at least 4 members (excludes halogenated alkanes) is 1. The lowest BCUT2D eigenvalue weighted by atomic mass is 10.2. The number of nitrogens with one attached hydrogen (secondary N) is 1. The molecule has 0 saturated carbocycles. The van der Waals surface area contributed by atoms with E-state index in [9.17, 15) is 8.42 Å². The van der Waals surface area contributed by atoms with E-state index in [0.717, 1.165) is 25.9 Å². The van der Waals surface area contributed by atoms with E-state index in [4.69, 9.17) is 0 Å². The monoisotopic (exact) mass is 278 g/mol. The predicted octanol–water partition coefficient (Wildman–Crippen LogP) is 1.52. The molecule has 0 aromatic heterocycles. The van der Waals surface area contributed by atoms with Gasteiger partial charge in [-0.05, 0) is 53.8 Å². The van der Waals surface area contributed by atoms with Crippen molar-refractivity contribution in [2.24, 2.45) is 0 Å². The zero-order valence-corrected chi connectivity index (χ0v) is 13.4. The summed E-state index contributed by atoms with van der Waals surface area (Å²) in [4.78, 5) is 2.32. The van der Waals surface area contributed by atoms with Crippen LogP contribution < -0.4 is 5.32 Å². The third-order valence-corrected chi connectivity index (χ3v) is 5.14. The summed E-state index contributed by atoms with van der Waals surface area (Å²) < 4.78 is 22.8. The van der Waals surface area contributed by atoms with Crippen LogP contribution in [-0.2, 0) is 9.84 Å². The first kappa shape index (κ1) is 17.9. The SMILES string of the molecule is CCS(=O)(=O)CC(C)NCCCCN(C)C(C)C. The molecule has 0 aliphatic rings. The highest BCUT2D eigenvalue weighted by Crippen LogP contribution is 1.98. The fourth-order valence-corrected chi connectivity index (χ4v) is 2.77. The number of nitrogens with zero attached hydrogens (tertiary/aromatic N) is 1.